The van der Waals surface area contributed by atoms with Gasteiger partial charge in [0.05, 0.1) is 0 Å². The first-order valence-electron chi connectivity index (χ1n) is 8.30. The van der Waals surface area contributed by atoms with Crippen molar-refractivity contribution >= 4 is 16.7 Å². The molecule has 0 fully saturated rings. The molecule has 0 bridgehead atoms. The standard InChI is InChI=1S/C20H12F2N4O/c21-14-7-12(8-15(22)11-14)9-19-24-20-23-6-5-16(26(20)25-19)18-10-13-3-1-2-4-17(13)27-18/h1-8,10-11H,9H2. The summed E-state index contributed by atoms with van der Waals surface area (Å²) in [6.07, 6.45) is 1.82. The van der Waals surface area contributed by atoms with E-state index in [2.05, 4.69) is 15.1 Å². The van der Waals surface area contributed by atoms with Crippen LogP contribution in [0.2, 0.25) is 0 Å². The highest BCUT2D eigenvalue weighted by molar-refractivity contribution is 5.82. The molecule has 3 aromatic heterocycles. The second-order valence-corrected chi connectivity index (χ2v) is 6.17. The summed E-state index contributed by atoms with van der Waals surface area (Å²) >= 11 is 0. The summed E-state index contributed by atoms with van der Waals surface area (Å²) < 4.78 is 34.3. The molecular formula is C20H12F2N4O. The Balaban J connectivity index is 1.58. The van der Waals surface area contributed by atoms with Crippen LogP contribution in [-0.4, -0.2) is 19.6 Å². The summed E-state index contributed by atoms with van der Waals surface area (Å²) in [6, 6.07) is 14.8. The molecule has 3 heterocycles. The lowest BCUT2D eigenvalue weighted by molar-refractivity contribution is 0.580. The van der Waals surface area contributed by atoms with Gasteiger partial charge in [0.2, 0.25) is 0 Å². The first-order valence-corrected chi connectivity index (χ1v) is 8.30. The molecule has 0 aliphatic heterocycles. The average Bonchev–Trinajstić information content (AvgIpc) is 3.23. The van der Waals surface area contributed by atoms with Crippen LogP contribution in [0.5, 0.6) is 0 Å². The van der Waals surface area contributed by atoms with Crippen LogP contribution in [0, 0.1) is 11.6 Å². The van der Waals surface area contributed by atoms with E-state index in [9.17, 15) is 8.78 Å². The fraction of sp³-hybridized carbons (Fsp3) is 0.0500. The van der Waals surface area contributed by atoms with Crippen LogP contribution in [0.15, 0.2) is 65.2 Å². The van der Waals surface area contributed by atoms with Gasteiger partial charge < -0.3 is 4.42 Å². The smallest absolute Gasteiger partial charge is 0.253 e. The van der Waals surface area contributed by atoms with Gasteiger partial charge in [-0.25, -0.2) is 13.8 Å². The van der Waals surface area contributed by atoms with Crippen LogP contribution in [-0.2, 0) is 6.42 Å². The maximum atomic E-state index is 13.4. The van der Waals surface area contributed by atoms with E-state index in [1.54, 1.807) is 16.8 Å². The minimum atomic E-state index is -0.630. The number of fused-ring (bicyclic) bond motifs is 2. The van der Waals surface area contributed by atoms with Crippen LogP contribution in [0.1, 0.15) is 11.4 Å². The molecule has 5 rings (SSSR count). The van der Waals surface area contributed by atoms with Gasteiger partial charge in [0.15, 0.2) is 11.6 Å². The summed E-state index contributed by atoms with van der Waals surface area (Å²) in [5, 5.41) is 5.43. The number of hydrogen-bond donors (Lipinski definition) is 0. The van der Waals surface area contributed by atoms with Gasteiger partial charge in [0.25, 0.3) is 5.78 Å². The quantitative estimate of drug-likeness (QED) is 0.477. The molecule has 0 atom stereocenters. The Morgan fingerprint density at radius 2 is 1.78 bits per heavy atom. The Bertz CT molecular complexity index is 1240. The number of rotatable bonds is 3. The van der Waals surface area contributed by atoms with Crippen molar-refractivity contribution in [3.63, 3.8) is 0 Å². The molecule has 27 heavy (non-hydrogen) atoms. The fourth-order valence-electron chi connectivity index (χ4n) is 3.10. The minimum Gasteiger partial charge on any atom is -0.454 e. The lowest BCUT2D eigenvalue weighted by Gasteiger charge is -1.99. The van der Waals surface area contributed by atoms with Gasteiger partial charge in [0.1, 0.15) is 22.9 Å². The zero-order chi connectivity index (χ0) is 18.4. The first-order chi connectivity index (χ1) is 13.2. The van der Waals surface area contributed by atoms with Gasteiger partial charge in [-0.1, -0.05) is 18.2 Å². The van der Waals surface area contributed by atoms with E-state index in [1.165, 1.54) is 12.1 Å². The lowest BCUT2D eigenvalue weighted by atomic mass is 10.1. The molecule has 2 aromatic carbocycles. The third-order valence-corrected chi connectivity index (χ3v) is 4.25. The van der Waals surface area contributed by atoms with Gasteiger partial charge >= 0.3 is 0 Å². The molecule has 0 amide bonds. The molecule has 5 nitrogen and oxygen atoms in total. The van der Waals surface area contributed by atoms with E-state index in [1.807, 2.05) is 30.3 Å². The highest BCUT2D eigenvalue weighted by Crippen LogP contribution is 2.27. The molecule has 0 saturated carbocycles. The number of nitrogens with zero attached hydrogens (tertiary/aromatic N) is 4. The summed E-state index contributed by atoms with van der Waals surface area (Å²) in [6.45, 7) is 0. The molecule has 7 heteroatoms. The number of benzene rings is 2. The van der Waals surface area contributed by atoms with E-state index in [-0.39, 0.29) is 6.42 Å². The minimum absolute atomic E-state index is 0.192. The monoisotopic (exact) mass is 362 g/mol. The molecule has 0 aliphatic carbocycles. The third kappa shape index (κ3) is 2.83. The Morgan fingerprint density at radius 3 is 2.59 bits per heavy atom. The van der Waals surface area contributed by atoms with E-state index >= 15 is 0 Å². The molecule has 0 N–H and O–H groups in total. The van der Waals surface area contributed by atoms with Gasteiger partial charge in [-0.2, -0.15) is 9.50 Å². The number of hydrogen-bond acceptors (Lipinski definition) is 4. The third-order valence-electron chi connectivity index (χ3n) is 4.25. The number of para-hydroxylation sites is 1. The first kappa shape index (κ1) is 15.6. The van der Waals surface area contributed by atoms with Gasteiger partial charge in [-0.05, 0) is 35.9 Å². The topological polar surface area (TPSA) is 56.2 Å². The van der Waals surface area contributed by atoms with E-state index < -0.39 is 11.6 Å². The highest BCUT2D eigenvalue weighted by Gasteiger charge is 2.14. The van der Waals surface area contributed by atoms with Crippen molar-refractivity contribution in [3.05, 3.63) is 83.8 Å². The molecule has 0 unspecified atom stereocenters. The Hall–Kier alpha value is -3.61. The molecule has 0 aliphatic rings. The summed E-state index contributed by atoms with van der Waals surface area (Å²) in [5.41, 5.74) is 1.92. The molecule has 0 saturated heterocycles. The maximum absolute atomic E-state index is 13.4. The lowest BCUT2D eigenvalue weighted by Crippen LogP contribution is -1.96. The summed E-state index contributed by atoms with van der Waals surface area (Å²) in [5.74, 6) is 0.178. The molecule has 0 spiro atoms. The maximum Gasteiger partial charge on any atom is 0.253 e. The molecule has 5 aromatic rings. The number of aromatic nitrogens is 4. The van der Waals surface area contributed by atoms with Crippen LogP contribution in [0.4, 0.5) is 8.78 Å². The summed E-state index contributed by atoms with van der Waals surface area (Å²) in [4.78, 5) is 8.58. The van der Waals surface area contributed by atoms with E-state index in [0.29, 0.717) is 28.6 Å². The fourth-order valence-corrected chi connectivity index (χ4v) is 3.10. The SMILES string of the molecule is Fc1cc(F)cc(Cc2nc3nccc(-c4cc5ccccc5o4)n3n2)c1. The van der Waals surface area contributed by atoms with Crippen molar-refractivity contribution < 1.29 is 13.2 Å². The Kier molecular flexibility index (Phi) is 3.46. The van der Waals surface area contributed by atoms with E-state index in [4.69, 9.17) is 4.42 Å². The van der Waals surface area contributed by atoms with Crippen LogP contribution < -0.4 is 0 Å². The predicted molar refractivity (Wildman–Crippen MR) is 95.2 cm³/mol. The van der Waals surface area contributed by atoms with Crippen LogP contribution in [0.25, 0.3) is 28.2 Å². The van der Waals surface area contributed by atoms with Crippen molar-refractivity contribution in [2.45, 2.75) is 6.42 Å². The van der Waals surface area contributed by atoms with Crippen LogP contribution >= 0.6 is 0 Å². The summed E-state index contributed by atoms with van der Waals surface area (Å²) in [7, 11) is 0. The zero-order valence-corrected chi connectivity index (χ0v) is 13.9. The second-order valence-electron chi connectivity index (χ2n) is 6.17. The largest absolute Gasteiger partial charge is 0.454 e. The molecule has 0 radical (unpaired) electrons. The van der Waals surface area contributed by atoms with Gasteiger partial charge in [-0.3, -0.25) is 0 Å². The van der Waals surface area contributed by atoms with Gasteiger partial charge in [0, 0.05) is 24.1 Å². The normalized spacial score (nSPS) is 11.5. The van der Waals surface area contributed by atoms with Crippen molar-refractivity contribution in [3.8, 4) is 11.5 Å². The number of halogens is 2. The zero-order valence-electron chi connectivity index (χ0n) is 13.9. The van der Waals surface area contributed by atoms with Gasteiger partial charge in [-0.15, -0.1) is 5.10 Å². The van der Waals surface area contributed by atoms with Crippen molar-refractivity contribution in [1.82, 2.24) is 19.6 Å². The van der Waals surface area contributed by atoms with Crippen LogP contribution in [0.3, 0.4) is 0 Å². The Labute approximate surface area is 151 Å². The van der Waals surface area contributed by atoms with Crippen molar-refractivity contribution in [2.75, 3.05) is 0 Å². The Morgan fingerprint density at radius 1 is 0.963 bits per heavy atom. The molecular weight excluding hydrogens is 350 g/mol. The average molecular weight is 362 g/mol. The molecule has 132 valence electrons. The van der Waals surface area contributed by atoms with Crippen molar-refractivity contribution in [1.29, 1.82) is 0 Å². The second kappa shape index (κ2) is 5.98. The highest BCUT2D eigenvalue weighted by atomic mass is 19.1. The van der Waals surface area contributed by atoms with E-state index in [0.717, 1.165) is 17.0 Å². The van der Waals surface area contributed by atoms with Crippen molar-refractivity contribution in [2.24, 2.45) is 0 Å². The predicted octanol–water partition coefficient (Wildman–Crippen LogP) is 4.41. The number of furan rings is 1.